The first-order valence-corrected chi connectivity index (χ1v) is 13.2. The number of benzene rings is 1. The van der Waals surface area contributed by atoms with Crippen molar-refractivity contribution in [1.29, 1.82) is 0 Å². The van der Waals surface area contributed by atoms with Crippen molar-refractivity contribution in [2.24, 2.45) is 5.92 Å². The summed E-state index contributed by atoms with van der Waals surface area (Å²) < 4.78 is 80.9. The summed E-state index contributed by atoms with van der Waals surface area (Å²) in [5, 5.41) is 9.50. The van der Waals surface area contributed by atoms with Crippen LogP contribution in [-0.4, -0.2) is 50.0 Å². The molecule has 3 aliphatic rings. The highest BCUT2D eigenvalue weighted by Gasteiger charge is 2.50. The third kappa shape index (κ3) is 5.08. The zero-order chi connectivity index (χ0) is 27.5. The van der Waals surface area contributed by atoms with Crippen LogP contribution >= 0.6 is 11.6 Å². The fraction of sp³-hybridized carbons (Fsp3) is 0.500. The number of piperidine rings is 1. The Balaban J connectivity index is 1.24. The Morgan fingerprint density at radius 3 is 2.33 bits per heavy atom. The van der Waals surface area contributed by atoms with E-state index >= 15 is 0 Å². The summed E-state index contributed by atoms with van der Waals surface area (Å²) in [5.74, 6) is 0.408. The van der Waals surface area contributed by atoms with Gasteiger partial charge in [-0.25, -0.2) is 4.98 Å². The van der Waals surface area contributed by atoms with E-state index in [1.54, 1.807) is 12.1 Å². The Morgan fingerprint density at radius 2 is 1.64 bits per heavy atom. The average Bonchev–Trinajstić information content (AvgIpc) is 3.18. The fourth-order valence-electron chi connectivity index (χ4n) is 5.85. The maximum absolute atomic E-state index is 13.1. The molecule has 208 valence electrons. The van der Waals surface area contributed by atoms with Crippen molar-refractivity contribution in [1.82, 2.24) is 24.6 Å². The van der Waals surface area contributed by atoms with Crippen LogP contribution in [-0.2, 0) is 19.3 Å². The molecule has 6 nitrogen and oxygen atoms in total. The van der Waals surface area contributed by atoms with Crippen LogP contribution in [0.1, 0.15) is 54.5 Å². The Kier molecular flexibility index (Phi) is 6.53. The standard InChI is InChI=1S/C26H25ClF6N6/c27-18-4-5-20-16(10-18)13-38(19-11-17(12-19)25(28,29)30)14-23-35-36-24(39(20)23)15-6-8-37(9-7-15)22-3-1-2-21(34-22)26(31,32)33/h1-5,10,15,17,19H,6-9,11-14H2. The van der Waals surface area contributed by atoms with E-state index in [0.29, 0.717) is 49.9 Å². The van der Waals surface area contributed by atoms with Crippen LogP contribution in [0.2, 0.25) is 5.02 Å². The van der Waals surface area contributed by atoms with Gasteiger partial charge in [0.15, 0.2) is 5.82 Å². The maximum Gasteiger partial charge on any atom is 0.433 e. The van der Waals surface area contributed by atoms with Crippen LogP contribution in [0.4, 0.5) is 32.2 Å². The molecule has 0 bridgehead atoms. The number of hydrogen-bond acceptors (Lipinski definition) is 5. The largest absolute Gasteiger partial charge is 0.433 e. The monoisotopic (exact) mass is 570 g/mol. The highest BCUT2D eigenvalue weighted by atomic mass is 35.5. The van der Waals surface area contributed by atoms with Crippen LogP contribution in [0, 0.1) is 5.92 Å². The van der Waals surface area contributed by atoms with Crippen LogP contribution in [0.3, 0.4) is 0 Å². The van der Waals surface area contributed by atoms with Gasteiger partial charge >= 0.3 is 12.4 Å². The van der Waals surface area contributed by atoms with Crippen molar-refractivity contribution in [2.45, 2.75) is 63.1 Å². The number of pyridine rings is 1. The smallest absolute Gasteiger partial charge is 0.357 e. The molecule has 0 radical (unpaired) electrons. The first-order chi connectivity index (χ1) is 18.5. The summed E-state index contributed by atoms with van der Waals surface area (Å²) in [6.07, 6.45) is -7.30. The lowest BCUT2D eigenvalue weighted by molar-refractivity contribution is -0.207. The zero-order valence-electron chi connectivity index (χ0n) is 20.7. The summed E-state index contributed by atoms with van der Waals surface area (Å²) in [7, 11) is 0. The molecule has 1 saturated carbocycles. The molecule has 4 heterocycles. The summed E-state index contributed by atoms with van der Waals surface area (Å²) in [5.41, 5.74) is 0.826. The van der Waals surface area contributed by atoms with Gasteiger partial charge < -0.3 is 4.90 Å². The van der Waals surface area contributed by atoms with Gasteiger partial charge in [0.25, 0.3) is 0 Å². The molecule has 2 fully saturated rings. The summed E-state index contributed by atoms with van der Waals surface area (Å²) in [6, 6.07) is 9.19. The molecular weight excluding hydrogens is 546 g/mol. The topological polar surface area (TPSA) is 50.1 Å². The third-order valence-electron chi connectivity index (χ3n) is 8.06. The number of fused-ring (bicyclic) bond motifs is 3. The molecule has 0 atom stereocenters. The highest BCUT2D eigenvalue weighted by Crippen LogP contribution is 2.45. The van der Waals surface area contributed by atoms with Gasteiger partial charge in [0.1, 0.15) is 17.3 Å². The van der Waals surface area contributed by atoms with Gasteiger partial charge in [-0.05, 0) is 61.6 Å². The maximum atomic E-state index is 13.1. The first kappa shape index (κ1) is 26.4. The van der Waals surface area contributed by atoms with E-state index in [2.05, 4.69) is 15.2 Å². The fourth-order valence-corrected chi connectivity index (χ4v) is 6.05. The van der Waals surface area contributed by atoms with Gasteiger partial charge in [-0.2, -0.15) is 26.3 Å². The number of hydrogen-bond donors (Lipinski definition) is 0. The van der Waals surface area contributed by atoms with E-state index in [-0.39, 0.29) is 30.6 Å². The normalized spacial score (nSPS) is 22.7. The Bertz CT molecular complexity index is 1360. The predicted octanol–water partition coefficient (Wildman–Crippen LogP) is 6.38. The average molecular weight is 571 g/mol. The molecule has 13 heteroatoms. The van der Waals surface area contributed by atoms with Crippen LogP contribution in [0.25, 0.3) is 5.69 Å². The van der Waals surface area contributed by atoms with E-state index in [9.17, 15) is 26.3 Å². The molecule has 2 aromatic heterocycles. The molecule has 3 aromatic rings. The summed E-state index contributed by atoms with van der Waals surface area (Å²) in [6.45, 7) is 1.82. The zero-order valence-corrected chi connectivity index (χ0v) is 21.4. The van der Waals surface area contributed by atoms with Crippen molar-refractivity contribution in [3.8, 4) is 5.69 Å². The number of halogens is 7. The molecule has 39 heavy (non-hydrogen) atoms. The minimum Gasteiger partial charge on any atom is -0.357 e. The first-order valence-electron chi connectivity index (χ1n) is 12.8. The second-order valence-electron chi connectivity index (χ2n) is 10.5. The van der Waals surface area contributed by atoms with Crippen molar-refractivity contribution in [3.05, 3.63) is 64.3 Å². The highest BCUT2D eigenvalue weighted by molar-refractivity contribution is 6.30. The van der Waals surface area contributed by atoms with E-state index in [4.69, 9.17) is 11.6 Å². The molecule has 0 unspecified atom stereocenters. The number of aromatic nitrogens is 4. The minimum absolute atomic E-state index is 0.00156. The van der Waals surface area contributed by atoms with Crippen molar-refractivity contribution >= 4 is 17.4 Å². The van der Waals surface area contributed by atoms with Crippen LogP contribution in [0.5, 0.6) is 0 Å². The van der Waals surface area contributed by atoms with Gasteiger partial charge in [0.2, 0.25) is 0 Å². The molecule has 1 aliphatic carbocycles. The molecule has 6 rings (SSSR count). The van der Waals surface area contributed by atoms with E-state index in [1.165, 1.54) is 6.07 Å². The number of rotatable bonds is 3. The molecule has 1 saturated heterocycles. The lowest BCUT2D eigenvalue weighted by atomic mass is 9.78. The van der Waals surface area contributed by atoms with E-state index in [1.807, 2.05) is 26.5 Å². The van der Waals surface area contributed by atoms with E-state index < -0.39 is 24.0 Å². The Hall–Kier alpha value is -2.86. The van der Waals surface area contributed by atoms with Crippen molar-refractivity contribution in [3.63, 3.8) is 0 Å². The lowest BCUT2D eigenvalue weighted by Crippen LogP contribution is -2.48. The van der Waals surface area contributed by atoms with Gasteiger partial charge in [0, 0.05) is 36.6 Å². The molecule has 0 amide bonds. The third-order valence-corrected chi connectivity index (χ3v) is 8.29. The number of alkyl halides is 6. The van der Waals surface area contributed by atoms with Gasteiger partial charge in [-0.3, -0.25) is 9.47 Å². The second kappa shape index (κ2) is 9.65. The van der Waals surface area contributed by atoms with Gasteiger partial charge in [0.05, 0.1) is 18.2 Å². The second-order valence-corrected chi connectivity index (χ2v) is 10.9. The molecule has 1 aromatic carbocycles. The minimum atomic E-state index is -4.51. The Labute approximate surface area is 225 Å². The van der Waals surface area contributed by atoms with E-state index in [0.717, 1.165) is 23.1 Å². The van der Waals surface area contributed by atoms with Crippen molar-refractivity contribution in [2.75, 3.05) is 18.0 Å². The van der Waals surface area contributed by atoms with Gasteiger partial charge in [-0.1, -0.05) is 17.7 Å². The van der Waals surface area contributed by atoms with Crippen LogP contribution < -0.4 is 4.90 Å². The quantitative estimate of drug-likeness (QED) is 0.342. The number of anilines is 1. The summed E-state index contributed by atoms with van der Waals surface area (Å²) in [4.78, 5) is 7.68. The van der Waals surface area contributed by atoms with Crippen LogP contribution in [0.15, 0.2) is 36.4 Å². The molecule has 0 spiro atoms. The SMILES string of the molecule is FC(F)(F)c1cccc(N2CCC(c3nnc4n3-c3ccc(Cl)cc3CN(C3CC(C(F)(F)F)C3)C4)CC2)n1. The summed E-state index contributed by atoms with van der Waals surface area (Å²) >= 11 is 6.30. The molecular formula is C26H25ClF6N6. The Morgan fingerprint density at radius 1 is 0.897 bits per heavy atom. The van der Waals surface area contributed by atoms with Crippen molar-refractivity contribution < 1.29 is 26.3 Å². The molecule has 0 N–H and O–H groups in total. The predicted molar refractivity (Wildman–Crippen MR) is 132 cm³/mol. The lowest BCUT2D eigenvalue weighted by Gasteiger charge is -2.43. The van der Waals surface area contributed by atoms with Gasteiger partial charge in [-0.15, -0.1) is 10.2 Å². The number of nitrogens with zero attached hydrogens (tertiary/aromatic N) is 6. The molecule has 2 aliphatic heterocycles.